The van der Waals surface area contributed by atoms with E-state index in [9.17, 15) is 0 Å². The van der Waals surface area contributed by atoms with Crippen LogP contribution in [0.15, 0.2) is 20.2 Å². The number of aliphatic imine (C=N–C) groups is 1. The molecule has 1 aromatic heterocycles. The highest BCUT2D eigenvalue weighted by atomic mass is 127. The minimum atomic E-state index is 0. The highest BCUT2D eigenvalue weighted by Gasteiger charge is 2.02. The molecule has 0 saturated heterocycles. The minimum Gasteiger partial charge on any atom is -0.357 e. The van der Waals surface area contributed by atoms with Crippen LogP contribution >= 0.6 is 51.2 Å². The van der Waals surface area contributed by atoms with E-state index in [1.54, 1.807) is 11.3 Å². The summed E-state index contributed by atoms with van der Waals surface area (Å²) < 4.78 is 1.16. The molecule has 0 aromatic carbocycles. The van der Waals surface area contributed by atoms with E-state index in [2.05, 4.69) is 63.8 Å². The fourth-order valence-electron chi connectivity index (χ4n) is 1.25. The smallest absolute Gasteiger partial charge is 0.191 e. The van der Waals surface area contributed by atoms with Crippen molar-refractivity contribution >= 4 is 57.2 Å². The molecule has 6 heteroatoms. The molecule has 3 nitrogen and oxygen atoms in total. The fraction of sp³-hybridized carbons (Fsp3) is 0.583. The van der Waals surface area contributed by atoms with Gasteiger partial charge in [0.2, 0.25) is 0 Å². The molecule has 0 aliphatic carbocycles. The van der Waals surface area contributed by atoms with Gasteiger partial charge in [-0.2, -0.15) is 0 Å². The molecule has 1 atom stereocenters. The van der Waals surface area contributed by atoms with Gasteiger partial charge in [-0.3, -0.25) is 0 Å². The van der Waals surface area contributed by atoms with Crippen molar-refractivity contribution in [2.75, 3.05) is 6.54 Å². The van der Waals surface area contributed by atoms with E-state index in [1.165, 1.54) is 5.56 Å². The Hall–Kier alpha value is 0.180. The van der Waals surface area contributed by atoms with E-state index in [0.29, 0.717) is 12.6 Å². The lowest BCUT2D eigenvalue weighted by atomic mass is 10.3. The fourth-order valence-corrected chi connectivity index (χ4v) is 2.45. The molecule has 18 heavy (non-hydrogen) atoms. The van der Waals surface area contributed by atoms with Crippen LogP contribution in [0.5, 0.6) is 0 Å². The highest BCUT2D eigenvalue weighted by Crippen LogP contribution is 2.20. The van der Waals surface area contributed by atoms with Gasteiger partial charge in [0.15, 0.2) is 5.96 Å². The molecule has 0 radical (unpaired) electrons. The van der Waals surface area contributed by atoms with E-state index in [-0.39, 0.29) is 24.0 Å². The number of nitrogens with one attached hydrogen (secondary N) is 2. The Balaban J connectivity index is 0.00000289. The Morgan fingerprint density at radius 1 is 1.50 bits per heavy atom. The molecule has 0 amide bonds. The summed E-state index contributed by atoms with van der Waals surface area (Å²) in [5.41, 5.74) is 1.24. The Kier molecular flexibility index (Phi) is 10.1. The molecular formula is C12H21BrIN3S. The van der Waals surface area contributed by atoms with Gasteiger partial charge < -0.3 is 10.6 Å². The average Bonchev–Trinajstić information content (AvgIpc) is 2.72. The number of guanidine groups is 1. The van der Waals surface area contributed by atoms with Crippen LogP contribution in [0.1, 0.15) is 32.8 Å². The number of hydrogen-bond acceptors (Lipinski definition) is 2. The van der Waals surface area contributed by atoms with Gasteiger partial charge >= 0.3 is 0 Å². The van der Waals surface area contributed by atoms with Crippen LogP contribution in [-0.4, -0.2) is 18.5 Å². The Labute approximate surface area is 139 Å². The van der Waals surface area contributed by atoms with Gasteiger partial charge in [0, 0.05) is 12.6 Å². The number of nitrogens with zero attached hydrogens (tertiary/aromatic N) is 1. The second-order valence-corrected chi connectivity index (χ2v) is 6.20. The van der Waals surface area contributed by atoms with Crippen LogP contribution in [0.25, 0.3) is 0 Å². The second-order valence-electron chi connectivity index (χ2n) is 3.91. The second kappa shape index (κ2) is 10.0. The predicted molar refractivity (Wildman–Crippen MR) is 95.1 cm³/mol. The van der Waals surface area contributed by atoms with E-state index in [1.807, 2.05) is 0 Å². The van der Waals surface area contributed by atoms with Crippen molar-refractivity contribution < 1.29 is 0 Å². The van der Waals surface area contributed by atoms with Crippen molar-refractivity contribution in [2.24, 2.45) is 4.99 Å². The standard InChI is InChI=1S/C12H20BrN3S.HI/c1-4-9(3)16-12(14-5-2)15-7-10-6-11(13)17-8-10;/h6,8-9H,4-5,7H2,1-3H3,(H2,14,15,16);1H. The van der Waals surface area contributed by atoms with Crippen molar-refractivity contribution in [2.45, 2.75) is 39.8 Å². The molecule has 1 aromatic rings. The number of halogens is 2. The molecule has 1 heterocycles. The first-order valence-electron chi connectivity index (χ1n) is 5.93. The summed E-state index contributed by atoms with van der Waals surface area (Å²) in [6.07, 6.45) is 1.09. The molecule has 104 valence electrons. The van der Waals surface area contributed by atoms with Crippen molar-refractivity contribution in [3.63, 3.8) is 0 Å². The summed E-state index contributed by atoms with van der Waals surface area (Å²) in [6, 6.07) is 2.56. The summed E-state index contributed by atoms with van der Waals surface area (Å²) in [6.45, 7) is 8.00. The van der Waals surface area contributed by atoms with Crippen molar-refractivity contribution in [3.05, 3.63) is 20.8 Å². The first kappa shape index (κ1) is 18.2. The molecule has 0 saturated carbocycles. The van der Waals surface area contributed by atoms with Crippen LogP contribution in [0.3, 0.4) is 0 Å². The Morgan fingerprint density at radius 2 is 2.22 bits per heavy atom. The van der Waals surface area contributed by atoms with Gasteiger partial charge in [-0.05, 0) is 53.2 Å². The first-order chi connectivity index (χ1) is 8.15. The van der Waals surface area contributed by atoms with Crippen LogP contribution in [0.2, 0.25) is 0 Å². The Morgan fingerprint density at radius 3 is 2.72 bits per heavy atom. The number of rotatable bonds is 5. The van der Waals surface area contributed by atoms with E-state index in [4.69, 9.17) is 0 Å². The molecule has 1 rings (SSSR count). The number of hydrogen-bond donors (Lipinski definition) is 2. The molecule has 2 N–H and O–H groups in total. The molecule has 1 unspecified atom stereocenters. The molecule has 0 bridgehead atoms. The van der Waals surface area contributed by atoms with Crippen LogP contribution in [0, 0.1) is 0 Å². The van der Waals surface area contributed by atoms with Gasteiger partial charge in [-0.1, -0.05) is 6.92 Å². The number of thiophene rings is 1. The molecule has 0 fully saturated rings. The summed E-state index contributed by atoms with van der Waals surface area (Å²) in [5, 5.41) is 8.76. The van der Waals surface area contributed by atoms with Crippen LogP contribution in [0.4, 0.5) is 0 Å². The summed E-state index contributed by atoms with van der Waals surface area (Å²) in [5.74, 6) is 0.893. The van der Waals surface area contributed by atoms with E-state index >= 15 is 0 Å². The average molecular weight is 446 g/mol. The molecule has 0 spiro atoms. The van der Waals surface area contributed by atoms with Crippen molar-refractivity contribution in [1.82, 2.24) is 10.6 Å². The zero-order valence-electron chi connectivity index (χ0n) is 11.0. The summed E-state index contributed by atoms with van der Waals surface area (Å²) in [7, 11) is 0. The quantitative estimate of drug-likeness (QED) is 0.408. The van der Waals surface area contributed by atoms with Crippen LogP contribution < -0.4 is 10.6 Å². The van der Waals surface area contributed by atoms with Gasteiger partial charge in [0.05, 0.1) is 10.3 Å². The minimum absolute atomic E-state index is 0. The van der Waals surface area contributed by atoms with Gasteiger partial charge in [-0.25, -0.2) is 4.99 Å². The van der Waals surface area contributed by atoms with E-state index in [0.717, 1.165) is 22.7 Å². The lowest BCUT2D eigenvalue weighted by Crippen LogP contribution is -2.41. The lowest BCUT2D eigenvalue weighted by molar-refractivity contribution is 0.624. The van der Waals surface area contributed by atoms with Crippen LogP contribution in [-0.2, 0) is 6.54 Å². The normalized spacial score (nSPS) is 12.8. The van der Waals surface area contributed by atoms with Gasteiger partial charge in [0.25, 0.3) is 0 Å². The van der Waals surface area contributed by atoms with E-state index < -0.39 is 0 Å². The maximum atomic E-state index is 4.57. The van der Waals surface area contributed by atoms with Gasteiger partial charge in [-0.15, -0.1) is 35.3 Å². The van der Waals surface area contributed by atoms with Gasteiger partial charge in [0.1, 0.15) is 0 Å². The zero-order chi connectivity index (χ0) is 12.7. The lowest BCUT2D eigenvalue weighted by Gasteiger charge is -2.15. The molecular weight excluding hydrogens is 425 g/mol. The largest absolute Gasteiger partial charge is 0.357 e. The first-order valence-corrected chi connectivity index (χ1v) is 7.60. The maximum Gasteiger partial charge on any atom is 0.191 e. The van der Waals surface area contributed by atoms with Crippen molar-refractivity contribution in [1.29, 1.82) is 0 Å². The molecule has 0 aliphatic rings. The SMILES string of the molecule is CCNC(=NCc1csc(Br)c1)NC(C)CC.I. The van der Waals surface area contributed by atoms with Crippen molar-refractivity contribution in [3.8, 4) is 0 Å². The highest BCUT2D eigenvalue weighted by molar-refractivity contribution is 14.0. The summed E-state index contributed by atoms with van der Waals surface area (Å²) >= 11 is 5.15. The predicted octanol–water partition coefficient (Wildman–Crippen LogP) is 3.98. The maximum absolute atomic E-state index is 4.57. The topological polar surface area (TPSA) is 36.4 Å². The third kappa shape index (κ3) is 6.94. The third-order valence-electron chi connectivity index (χ3n) is 2.38. The zero-order valence-corrected chi connectivity index (χ0v) is 15.7. The summed E-state index contributed by atoms with van der Waals surface area (Å²) in [4.78, 5) is 4.57. The Bertz CT molecular complexity index is 368. The monoisotopic (exact) mass is 445 g/mol. The molecule has 0 aliphatic heterocycles. The third-order valence-corrected chi connectivity index (χ3v) is 3.93.